The van der Waals surface area contributed by atoms with E-state index in [9.17, 15) is 4.79 Å². The van der Waals surface area contributed by atoms with E-state index in [0.29, 0.717) is 17.9 Å². The molecule has 2 N–H and O–H groups in total. The van der Waals surface area contributed by atoms with Gasteiger partial charge in [0.05, 0.1) is 5.56 Å². The topological polar surface area (TPSA) is 65.2 Å². The molecule has 1 aromatic carbocycles. The number of pyridine rings is 1. The van der Waals surface area contributed by atoms with Gasteiger partial charge in [-0.25, -0.2) is 0 Å². The molecular weight excluding hydrogens is 240 g/mol. The third-order valence-electron chi connectivity index (χ3n) is 2.79. The molecule has 0 amide bonds. The summed E-state index contributed by atoms with van der Waals surface area (Å²) in [6.45, 7) is 2.31. The molecular formula is C15H16N2O2. The van der Waals surface area contributed by atoms with Gasteiger partial charge in [-0.05, 0) is 18.6 Å². The highest BCUT2D eigenvalue weighted by molar-refractivity contribution is 6.03. The van der Waals surface area contributed by atoms with Crippen LogP contribution in [0, 0.1) is 0 Å². The SMILES string of the molecule is CCOC(C(=O)c1cnccc1N)c1ccccc1. The van der Waals surface area contributed by atoms with Gasteiger partial charge in [-0.1, -0.05) is 30.3 Å². The van der Waals surface area contributed by atoms with Crippen LogP contribution in [0.5, 0.6) is 0 Å². The summed E-state index contributed by atoms with van der Waals surface area (Å²) < 4.78 is 5.57. The molecule has 1 aromatic heterocycles. The van der Waals surface area contributed by atoms with Gasteiger partial charge in [-0.2, -0.15) is 0 Å². The van der Waals surface area contributed by atoms with Crippen LogP contribution in [-0.2, 0) is 4.74 Å². The Morgan fingerprint density at radius 1 is 1.32 bits per heavy atom. The van der Waals surface area contributed by atoms with E-state index in [-0.39, 0.29) is 5.78 Å². The second-order valence-corrected chi connectivity index (χ2v) is 4.07. The van der Waals surface area contributed by atoms with Gasteiger partial charge in [0.2, 0.25) is 0 Å². The Labute approximate surface area is 112 Å². The third kappa shape index (κ3) is 2.98. The van der Waals surface area contributed by atoms with Crippen LogP contribution in [0.3, 0.4) is 0 Å². The summed E-state index contributed by atoms with van der Waals surface area (Å²) in [5.74, 6) is -0.168. The van der Waals surface area contributed by atoms with Crippen molar-refractivity contribution in [2.75, 3.05) is 12.3 Å². The van der Waals surface area contributed by atoms with Crippen molar-refractivity contribution in [2.45, 2.75) is 13.0 Å². The van der Waals surface area contributed by atoms with Crippen molar-refractivity contribution in [1.29, 1.82) is 0 Å². The highest BCUT2D eigenvalue weighted by Gasteiger charge is 2.23. The minimum Gasteiger partial charge on any atom is -0.398 e. The predicted octanol–water partition coefficient (Wildman–Crippen LogP) is 2.62. The number of Topliss-reactive ketones (excluding diaryl/α,β-unsaturated/α-hetero) is 1. The molecule has 4 heteroatoms. The highest BCUT2D eigenvalue weighted by atomic mass is 16.5. The van der Waals surface area contributed by atoms with Gasteiger partial charge in [0.1, 0.15) is 6.10 Å². The van der Waals surface area contributed by atoms with Crippen LogP contribution < -0.4 is 5.73 Å². The summed E-state index contributed by atoms with van der Waals surface area (Å²) in [7, 11) is 0. The molecule has 19 heavy (non-hydrogen) atoms. The number of ketones is 1. The number of aromatic nitrogens is 1. The number of ether oxygens (including phenoxy) is 1. The van der Waals surface area contributed by atoms with Gasteiger partial charge >= 0.3 is 0 Å². The maximum absolute atomic E-state index is 12.5. The number of nitrogen functional groups attached to an aromatic ring is 1. The molecule has 2 rings (SSSR count). The van der Waals surface area contributed by atoms with Crippen LogP contribution >= 0.6 is 0 Å². The maximum Gasteiger partial charge on any atom is 0.199 e. The Bertz CT molecular complexity index is 555. The van der Waals surface area contributed by atoms with Crippen molar-refractivity contribution in [2.24, 2.45) is 0 Å². The Kier molecular flexibility index (Phi) is 4.26. The van der Waals surface area contributed by atoms with Crippen molar-refractivity contribution in [1.82, 2.24) is 4.98 Å². The zero-order chi connectivity index (χ0) is 13.7. The van der Waals surface area contributed by atoms with Crippen molar-refractivity contribution < 1.29 is 9.53 Å². The molecule has 1 heterocycles. The molecule has 1 unspecified atom stereocenters. The standard InChI is InChI=1S/C15H16N2O2/c1-2-19-15(11-6-4-3-5-7-11)14(18)12-10-17-9-8-13(12)16/h3-10,15H,2H2,1H3,(H2,16,17). The van der Waals surface area contributed by atoms with Crippen molar-refractivity contribution >= 4 is 11.5 Å². The van der Waals surface area contributed by atoms with E-state index >= 15 is 0 Å². The first kappa shape index (κ1) is 13.2. The molecule has 0 spiro atoms. The van der Waals surface area contributed by atoms with Crippen molar-refractivity contribution in [3.63, 3.8) is 0 Å². The lowest BCUT2D eigenvalue weighted by Gasteiger charge is -2.17. The molecule has 0 aliphatic rings. The second-order valence-electron chi connectivity index (χ2n) is 4.07. The lowest BCUT2D eigenvalue weighted by molar-refractivity contribution is 0.0453. The highest BCUT2D eigenvalue weighted by Crippen LogP contribution is 2.24. The fourth-order valence-electron chi connectivity index (χ4n) is 1.87. The number of carbonyl (C=O) groups excluding carboxylic acids is 1. The molecule has 0 radical (unpaired) electrons. The smallest absolute Gasteiger partial charge is 0.199 e. The largest absolute Gasteiger partial charge is 0.398 e. The molecule has 4 nitrogen and oxygen atoms in total. The second kappa shape index (κ2) is 6.11. The fourth-order valence-corrected chi connectivity index (χ4v) is 1.87. The summed E-state index contributed by atoms with van der Waals surface area (Å²) >= 11 is 0. The molecule has 0 aliphatic heterocycles. The number of anilines is 1. The first-order valence-corrected chi connectivity index (χ1v) is 6.14. The summed E-state index contributed by atoms with van der Waals surface area (Å²) in [4.78, 5) is 16.5. The molecule has 0 saturated carbocycles. The van der Waals surface area contributed by atoms with Gasteiger partial charge in [-0.15, -0.1) is 0 Å². The van der Waals surface area contributed by atoms with E-state index in [4.69, 9.17) is 10.5 Å². The number of rotatable bonds is 5. The Hall–Kier alpha value is -2.20. The summed E-state index contributed by atoms with van der Waals surface area (Å²) in [5.41, 5.74) is 7.44. The Morgan fingerprint density at radius 2 is 2.05 bits per heavy atom. The van der Waals surface area contributed by atoms with Gasteiger partial charge in [0.25, 0.3) is 0 Å². The van der Waals surface area contributed by atoms with Crippen molar-refractivity contribution in [3.05, 3.63) is 59.9 Å². The first-order chi connectivity index (χ1) is 9.24. The van der Waals surface area contributed by atoms with Crippen LogP contribution in [-0.4, -0.2) is 17.4 Å². The van der Waals surface area contributed by atoms with Gasteiger partial charge in [0.15, 0.2) is 5.78 Å². The van der Waals surface area contributed by atoms with Crippen LogP contribution in [0.15, 0.2) is 48.8 Å². The van der Waals surface area contributed by atoms with E-state index < -0.39 is 6.10 Å². The predicted molar refractivity (Wildman–Crippen MR) is 73.8 cm³/mol. The lowest BCUT2D eigenvalue weighted by Crippen LogP contribution is -2.18. The zero-order valence-corrected chi connectivity index (χ0v) is 10.7. The van der Waals surface area contributed by atoms with E-state index in [2.05, 4.69) is 4.98 Å². The van der Waals surface area contributed by atoms with Crippen LogP contribution in [0.25, 0.3) is 0 Å². The third-order valence-corrected chi connectivity index (χ3v) is 2.79. The Morgan fingerprint density at radius 3 is 2.68 bits per heavy atom. The van der Waals surface area contributed by atoms with Gasteiger partial charge in [0, 0.05) is 24.7 Å². The zero-order valence-electron chi connectivity index (χ0n) is 10.7. The number of carbonyl (C=O) groups is 1. The Balaban J connectivity index is 2.35. The molecule has 2 aromatic rings. The number of hydrogen-bond donors (Lipinski definition) is 1. The molecule has 0 fully saturated rings. The molecule has 0 saturated heterocycles. The average Bonchev–Trinajstić information content (AvgIpc) is 2.45. The fraction of sp³-hybridized carbons (Fsp3) is 0.200. The molecule has 0 aliphatic carbocycles. The quantitative estimate of drug-likeness (QED) is 0.835. The number of nitrogens with zero attached hydrogens (tertiary/aromatic N) is 1. The van der Waals surface area contributed by atoms with Gasteiger partial charge < -0.3 is 10.5 Å². The summed E-state index contributed by atoms with van der Waals surface area (Å²) in [6, 6.07) is 11.0. The molecule has 1 atom stereocenters. The van der Waals surface area contributed by atoms with Gasteiger partial charge in [-0.3, -0.25) is 9.78 Å². The van der Waals surface area contributed by atoms with E-state index in [1.807, 2.05) is 37.3 Å². The number of nitrogens with two attached hydrogens (primary N) is 1. The molecule has 0 bridgehead atoms. The summed E-state index contributed by atoms with van der Waals surface area (Å²) in [5, 5.41) is 0. The first-order valence-electron chi connectivity index (χ1n) is 6.14. The van der Waals surface area contributed by atoms with E-state index in [0.717, 1.165) is 5.56 Å². The van der Waals surface area contributed by atoms with Crippen LogP contribution in [0.4, 0.5) is 5.69 Å². The van der Waals surface area contributed by atoms with Crippen molar-refractivity contribution in [3.8, 4) is 0 Å². The van der Waals surface area contributed by atoms with Crippen LogP contribution in [0.2, 0.25) is 0 Å². The van der Waals surface area contributed by atoms with Crippen LogP contribution in [0.1, 0.15) is 28.9 Å². The van der Waals surface area contributed by atoms with E-state index in [1.54, 1.807) is 12.3 Å². The van der Waals surface area contributed by atoms with E-state index in [1.165, 1.54) is 6.20 Å². The summed E-state index contributed by atoms with van der Waals surface area (Å²) in [6.07, 6.45) is 2.40. The maximum atomic E-state index is 12.5. The monoisotopic (exact) mass is 256 g/mol. The average molecular weight is 256 g/mol. The lowest BCUT2D eigenvalue weighted by atomic mass is 10.00. The minimum absolute atomic E-state index is 0.168. The number of benzene rings is 1. The molecule has 98 valence electrons. The normalized spacial score (nSPS) is 12.1. The minimum atomic E-state index is -0.641. The number of hydrogen-bond acceptors (Lipinski definition) is 4.